The van der Waals surface area contributed by atoms with E-state index in [0.717, 1.165) is 32.8 Å². The van der Waals surface area contributed by atoms with Gasteiger partial charge in [-0.2, -0.15) is 0 Å². The molecule has 0 bridgehead atoms. The largest absolute Gasteiger partial charge is 0.379 e. The van der Waals surface area contributed by atoms with E-state index in [1.54, 1.807) is 0 Å². The fraction of sp³-hybridized carbons (Fsp3) is 0.625. The van der Waals surface area contributed by atoms with Crippen LogP contribution in [0.15, 0.2) is 30.3 Å². The lowest BCUT2D eigenvalue weighted by Gasteiger charge is -2.19. The molecule has 1 fully saturated rings. The number of hydrogen-bond acceptors (Lipinski definition) is 3. The fourth-order valence-corrected chi connectivity index (χ4v) is 2.26. The first-order valence-corrected chi connectivity index (χ1v) is 7.23. The first-order valence-electron chi connectivity index (χ1n) is 7.23. The van der Waals surface area contributed by atoms with Gasteiger partial charge in [0.2, 0.25) is 0 Å². The molecular formula is C16H25NO2. The van der Waals surface area contributed by atoms with E-state index in [-0.39, 0.29) is 0 Å². The van der Waals surface area contributed by atoms with Crippen LogP contribution in [0.4, 0.5) is 0 Å². The average Bonchev–Trinajstić information content (AvgIpc) is 2.96. The summed E-state index contributed by atoms with van der Waals surface area (Å²) in [6.07, 6.45) is 1.34. The van der Waals surface area contributed by atoms with E-state index in [4.69, 9.17) is 9.47 Å². The van der Waals surface area contributed by atoms with Gasteiger partial charge in [-0.25, -0.2) is 0 Å². The van der Waals surface area contributed by atoms with Crippen LogP contribution in [0.2, 0.25) is 0 Å². The third kappa shape index (κ3) is 4.94. The maximum absolute atomic E-state index is 5.82. The van der Waals surface area contributed by atoms with Crippen LogP contribution in [0.3, 0.4) is 0 Å². The number of ether oxygens (including phenoxy) is 2. The Morgan fingerprint density at radius 1 is 1.32 bits per heavy atom. The molecule has 0 aliphatic carbocycles. The van der Waals surface area contributed by atoms with Crippen molar-refractivity contribution in [1.82, 2.24) is 5.32 Å². The summed E-state index contributed by atoms with van der Waals surface area (Å²) in [6, 6.07) is 11.0. The lowest BCUT2D eigenvalue weighted by atomic mass is 10.0. The van der Waals surface area contributed by atoms with Gasteiger partial charge in [0.25, 0.3) is 0 Å². The minimum Gasteiger partial charge on any atom is -0.379 e. The highest BCUT2D eigenvalue weighted by atomic mass is 16.5. The molecule has 1 aromatic rings. The van der Waals surface area contributed by atoms with E-state index < -0.39 is 0 Å². The molecule has 19 heavy (non-hydrogen) atoms. The lowest BCUT2D eigenvalue weighted by Crippen LogP contribution is -2.34. The Morgan fingerprint density at radius 3 is 2.79 bits per heavy atom. The van der Waals surface area contributed by atoms with E-state index in [9.17, 15) is 0 Å². The molecule has 0 spiro atoms. The Labute approximate surface area is 116 Å². The summed E-state index contributed by atoms with van der Waals surface area (Å²) in [5, 5.41) is 3.54. The highest BCUT2D eigenvalue weighted by Crippen LogP contribution is 2.13. The minimum atomic E-state index is 0.302. The maximum Gasteiger partial charge on any atom is 0.0831 e. The zero-order valence-corrected chi connectivity index (χ0v) is 12.0. The third-order valence-electron chi connectivity index (χ3n) is 3.61. The summed E-state index contributed by atoms with van der Waals surface area (Å²) in [4.78, 5) is 0. The Hall–Kier alpha value is -0.900. The molecule has 1 aromatic carbocycles. The van der Waals surface area contributed by atoms with Gasteiger partial charge in [0.1, 0.15) is 0 Å². The van der Waals surface area contributed by atoms with E-state index in [1.807, 2.05) is 0 Å². The summed E-state index contributed by atoms with van der Waals surface area (Å²) in [6.45, 7) is 7.77. The molecule has 1 aliphatic rings. The summed E-state index contributed by atoms with van der Waals surface area (Å²) in [7, 11) is 0. The van der Waals surface area contributed by atoms with Gasteiger partial charge in [-0.1, -0.05) is 37.3 Å². The average molecular weight is 263 g/mol. The van der Waals surface area contributed by atoms with Crippen molar-refractivity contribution in [3.63, 3.8) is 0 Å². The smallest absolute Gasteiger partial charge is 0.0831 e. The van der Waals surface area contributed by atoms with Crippen molar-refractivity contribution in [2.45, 2.75) is 38.3 Å². The summed E-state index contributed by atoms with van der Waals surface area (Å²) in [5.41, 5.74) is 1.38. The van der Waals surface area contributed by atoms with Crippen molar-refractivity contribution >= 4 is 0 Å². The Balaban J connectivity index is 1.64. The molecule has 0 unspecified atom stereocenters. The second kappa shape index (κ2) is 7.63. The van der Waals surface area contributed by atoms with Crippen LogP contribution in [-0.4, -0.2) is 38.5 Å². The number of nitrogens with one attached hydrogen (secondary N) is 1. The SMILES string of the molecule is C[C@H](CO[C@H]1CCOC1)NC[C@H](C)c1ccccc1. The monoisotopic (exact) mass is 263 g/mol. The molecular weight excluding hydrogens is 238 g/mol. The van der Waals surface area contributed by atoms with Gasteiger partial charge in [-0.05, 0) is 24.8 Å². The van der Waals surface area contributed by atoms with Crippen LogP contribution >= 0.6 is 0 Å². The van der Waals surface area contributed by atoms with E-state index in [2.05, 4.69) is 49.5 Å². The summed E-state index contributed by atoms with van der Waals surface area (Å²) < 4.78 is 11.1. The molecule has 0 aromatic heterocycles. The van der Waals surface area contributed by atoms with E-state index >= 15 is 0 Å². The van der Waals surface area contributed by atoms with Crippen molar-refractivity contribution in [3.8, 4) is 0 Å². The fourth-order valence-electron chi connectivity index (χ4n) is 2.26. The quantitative estimate of drug-likeness (QED) is 0.820. The van der Waals surface area contributed by atoms with Gasteiger partial charge in [-0.3, -0.25) is 0 Å². The molecule has 0 radical (unpaired) electrons. The predicted molar refractivity (Wildman–Crippen MR) is 77.5 cm³/mol. The maximum atomic E-state index is 5.82. The highest BCUT2D eigenvalue weighted by Gasteiger charge is 2.17. The summed E-state index contributed by atoms with van der Waals surface area (Å²) in [5.74, 6) is 0.526. The number of benzene rings is 1. The Bertz CT molecular complexity index is 349. The molecule has 3 atom stereocenters. The van der Waals surface area contributed by atoms with Crippen LogP contribution in [0, 0.1) is 0 Å². The van der Waals surface area contributed by atoms with Crippen LogP contribution in [0.1, 0.15) is 31.7 Å². The summed E-state index contributed by atoms with van der Waals surface area (Å²) >= 11 is 0. The molecule has 1 aliphatic heterocycles. The molecule has 2 rings (SSSR count). The standard InChI is InChI=1S/C16H25NO2/c1-13(15-6-4-3-5-7-15)10-17-14(2)11-19-16-8-9-18-12-16/h3-7,13-14,16-17H,8-12H2,1-2H3/t13-,14+,16-/m0/s1. The number of rotatable bonds is 7. The third-order valence-corrected chi connectivity index (χ3v) is 3.61. The first-order chi connectivity index (χ1) is 9.25. The van der Waals surface area contributed by atoms with Crippen LogP contribution < -0.4 is 5.32 Å². The molecule has 106 valence electrons. The van der Waals surface area contributed by atoms with Gasteiger partial charge in [0.15, 0.2) is 0 Å². The highest BCUT2D eigenvalue weighted by molar-refractivity contribution is 5.18. The first kappa shape index (κ1) is 14.5. The van der Waals surface area contributed by atoms with Gasteiger partial charge in [-0.15, -0.1) is 0 Å². The second-order valence-corrected chi connectivity index (χ2v) is 5.44. The van der Waals surface area contributed by atoms with Crippen LogP contribution in [0.5, 0.6) is 0 Å². The van der Waals surface area contributed by atoms with Crippen molar-refractivity contribution in [2.24, 2.45) is 0 Å². The van der Waals surface area contributed by atoms with Gasteiger partial charge in [0.05, 0.1) is 19.3 Å². The Kier molecular flexibility index (Phi) is 5.83. The van der Waals surface area contributed by atoms with Crippen molar-refractivity contribution in [3.05, 3.63) is 35.9 Å². The van der Waals surface area contributed by atoms with Gasteiger partial charge < -0.3 is 14.8 Å². The lowest BCUT2D eigenvalue weighted by molar-refractivity contribution is 0.0323. The minimum absolute atomic E-state index is 0.302. The normalized spacial score (nSPS) is 22.3. The van der Waals surface area contributed by atoms with Gasteiger partial charge in [0, 0.05) is 19.2 Å². The van der Waals surface area contributed by atoms with Crippen LogP contribution in [0.25, 0.3) is 0 Å². The van der Waals surface area contributed by atoms with Crippen LogP contribution in [-0.2, 0) is 9.47 Å². The second-order valence-electron chi connectivity index (χ2n) is 5.44. The molecule has 3 heteroatoms. The predicted octanol–water partition coefficient (Wildman–Crippen LogP) is 2.57. The molecule has 1 N–H and O–H groups in total. The molecule has 0 amide bonds. The molecule has 1 saturated heterocycles. The molecule has 3 nitrogen and oxygen atoms in total. The zero-order chi connectivity index (χ0) is 13.5. The van der Waals surface area contributed by atoms with E-state index in [0.29, 0.717) is 18.1 Å². The molecule has 1 heterocycles. The molecule has 0 saturated carbocycles. The van der Waals surface area contributed by atoms with E-state index in [1.165, 1.54) is 5.56 Å². The van der Waals surface area contributed by atoms with Gasteiger partial charge >= 0.3 is 0 Å². The van der Waals surface area contributed by atoms with Crippen molar-refractivity contribution in [1.29, 1.82) is 0 Å². The van der Waals surface area contributed by atoms with Crippen molar-refractivity contribution < 1.29 is 9.47 Å². The Morgan fingerprint density at radius 2 is 2.11 bits per heavy atom. The van der Waals surface area contributed by atoms with Crippen molar-refractivity contribution in [2.75, 3.05) is 26.4 Å². The zero-order valence-electron chi connectivity index (χ0n) is 12.0. The number of hydrogen-bond donors (Lipinski definition) is 1. The topological polar surface area (TPSA) is 30.5 Å².